The van der Waals surface area contributed by atoms with Crippen molar-refractivity contribution in [1.82, 2.24) is 5.43 Å². The largest absolute Gasteiger partial charge is 0.497 e. The van der Waals surface area contributed by atoms with Crippen molar-refractivity contribution in [2.75, 3.05) is 7.11 Å². The van der Waals surface area contributed by atoms with Crippen LogP contribution in [0.5, 0.6) is 5.75 Å². The highest BCUT2D eigenvalue weighted by Gasteiger charge is 2.10. The lowest BCUT2D eigenvalue weighted by atomic mass is 9.97. The van der Waals surface area contributed by atoms with E-state index in [1.807, 2.05) is 38.1 Å². The van der Waals surface area contributed by atoms with Crippen molar-refractivity contribution >= 4 is 11.7 Å². The Morgan fingerprint density at radius 1 is 1.53 bits per heavy atom. The zero-order valence-electron chi connectivity index (χ0n) is 10.2. The molecule has 1 rings (SSSR count). The maximum absolute atomic E-state index is 10.5. The highest BCUT2D eigenvalue weighted by molar-refractivity contribution is 5.89. The topological polar surface area (TPSA) is 76.7 Å². The molecule has 0 fully saturated rings. The number of ether oxygens (including phenoxy) is 1. The molecule has 0 heterocycles. The third-order valence-corrected chi connectivity index (χ3v) is 2.56. The molecule has 0 aliphatic heterocycles. The number of methoxy groups -OCH3 is 1. The lowest BCUT2D eigenvalue weighted by molar-refractivity contribution is 0.249. The number of urea groups is 1. The SMILES string of the molecule is COc1cccc(C(C)/C(C)=N/NC(N)=O)c1. The Morgan fingerprint density at radius 3 is 2.82 bits per heavy atom. The van der Waals surface area contributed by atoms with E-state index >= 15 is 0 Å². The number of primary amides is 1. The Kier molecular flexibility index (Phi) is 4.51. The normalized spacial score (nSPS) is 13.0. The van der Waals surface area contributed by atoms with Crippen LogP contribution in [-0.4, -0.2) is 18.9 Å². The summed E-state index contributed by atoms with van der Waals surface area (Å²) in [6, 6.07) is 7.05. The first-order chi connectivity index (χ1) is 8.04. The molecular weight excluding hydrogens is 218 g/mol. The lowest BCUT2D eigenvalue weighted by Gasteiger charge is -2.12. The van der Waals surface area contributed by atoms with Gasteiger partial charge in [-0.2, -0.15) is 5.10 Å². The van der Waals surface area contributed by atoms with Gasteiger partial charge < -0.3 is 10.5 Å². The average molecular weight is 235 g/mol. The van der Waals surface area contributed by atoms with Crippen LogP contribution in [0.1, 0.15) is 25.3 Å². The van der Waals surface area contributed by atoms with E-state index in [-0.39, 0.29) is 5.92 Å². The smallest absolute Gasteiger partial charge is 0.332 e. The molecule has 0 radical (unpaired) electrons. The van der Waals surface area contributed by atoms with E-state index in [0.29, 0.717) is 0 Å². The molecule has 0 aromatic heterocycles. The Labute approximate surface area is 101 Å². The van der Waals surface area contributed by atoms with Gasteiger partial charge in [0.05, 0.1) is 7.11 Å². The Hall–Kier alpha value is -2.04. The van der Waals surface area contributed by atoms with Gasteiger partial charge in [0.1, 0.15) is 5.75 Å². The first-order valence-electron chi connectivity index (χ1n) is 5.28. The Balaban J connectivity index is 2.83. The van der Waals surface area contributed by atoms with Gasteiger partial charge in [-0.3, -0.25) is 0 Å². The summed E-state index contributed by atoms with van der Waals surface area (Å²) in [4.78, 5) is 10.5. The van der Waals surface area contributed by atoms with Gasteiger partial charge in [0.2, 0.25) is 0 Å². The molecule has 0 spiro atoms. The molecule has 1 aromatic carbocycles. The molecule has 1 unspecified atom stereocenters. The maximum atomic E-state index is 10.5. The minimum atomic E-state index is -0.665. The molecule has 0 aliphatic carbocycles. The summed E-state index contributed by atoms with van der Waals surface area (Å²) in [5.74, 6) is 0.877. The van der Waals surface area contributed by atoms with E-state index in [4.69, 9.17) is 10.5 Å². The Morgan fingerprint density at radius 2 is 2.24 bits per heavy atom. The summed E-state index contributed by atoms with van der Waals surface area (Å²) in [6.07, 6.45) is 0. The second kappa shape index (κ2) is 5.89. The highest BCUT2D eigenvalue weighted by atomic mass is 16.5. The molecular formula is C12H17N3O2. The molecule has 1 atom stereocenters. The van der Waals surface area contributed by atoms with Crippen LogP contribution in [0, 0.1) is 0 Å². The van der Waals surface area contributed by atoms with Crippen molar-refractivity contribution in [3.05, 3.63) is 29.8 Å². The summed E-state index contributed by atoms with van der Waals surface area (Å²) in [6.45, 7) is 3.83. The molecule has 1 aromatic rings. The summed E-state index contributed by atoms with van der Waals surface area (Å²) in [7, 11) is 1.62. The maximum Gasteiger partial charge on any atom is 0.332 e. The number of nitrogens with one attached hydrogen (secondary N) is 1. The van der Waals surface area contributed by atoms with E-state index in [9.17, 15) is 4.79 Å². The van der Waals surface area contributed by atoms with Gasteiger partial charge >= 0.3 is 6.03 Å². The molecule has 0 saturated heterocycles. The lowest BCUT2D eigenvalue weighted by Crippen LogP contribution is -2.26. The molecule has 2 amide bonds. The zero-order valence-corrected chi connectivity index (χ0v) is 10.2. The molecule has 5 heteroatoms. The predicted molar refractivity (Wildman–Crippen MR) is 67.2 cm³/mol. The molecule has 5 nitrogen and oxygen atoms in total. The van der Waals surface area contributed by atoms with Crippen molar-refractivity contribution in [2.45, 2.75) is 19.8 Å². The minimum absolute atomic E-state index is 0.0805. The standard InChI is InChI=1S/C12H17N3O2/c1-8(9(2)14-15-12(13)16)10-5-4-6-11(7-10)17-3/h4-8H,1-3H3,(H3,13,15,16)/b14-9+. The second-order valence-corrected chi connectivity index (χ2v) is 3.73. The predicted octanol–water partition coefficient (Wildman–Crippen LogP) is 1.84. The fraction of sp³-hybridized carbons (Fsp3) is 0.333. The van der Waals surface area contributed by atoms with Gasteiger partial charge in [-0.05, 0) is 24.6 Å². The third-order valence-electron chi connectivity index (χ3n) is 2.56. The average Bonchev–Trinajstić information content (AvgIpc) is 2.35. The summed E-state index contributed by atoms with van der Waals surface area (Å²) >= 11 is 0. The van der Waals surface area contributed by atoms with Gasteiger partial charge in [0.25, 0.3) is 0 Å². The van der Waals surface area contributed by atoms with Crippen LogP contribution in [0.3, 0.4) is 0 Å². The van der Waals surface area contributed by atoms with Gasteiger partial charge in [-0.15, -0.1) is 0 Å². The molecule has 0 bridgehead atoms. The first-order valence-corrected chi connectivity index (χ1v) is 5.28. The number of rotatable bonds is 4. The summed E-state index contributed by atoms with van der Waals surface area (Å²) < 4.78 is 5.15. The van der Waals surface area contributed by atoms with Crippen LogP contribution >= 0.6 is 0 Å². The zero-order chi connectivity index (χ0) is 12.8. The number of carbonyl (C=O) groups excluding carboxylic acids is 1. The monoisotopic (exact) mass is 235 g/mol. The molecule has 17 heavy (non-hydrogen) atoms. The van der Waals surface area contributed by atoms with Crippen molar-refractivity contribution < 1.29 is 9.53 Å². The van der Waals surface area contributed by atoms with Gasteiger partial charge in [-0.1, -0.05) is 19.1 Å². The van der Waals surface area contributed by atoms with E-state index in [0.717, 1.165) is 17.0 Å². The summed E-state index contributed by atoms with van der Waals surface area (Å²) in [5.41, 5.74) is 9.01. The van der Waals surface area contributed by atoms with Gasteiger partial charge in [0.15, 0.2) is 0 Å². The number of hydrogen-bond acceptors (Lipinski definition) is 3. The quantitative estimate of drug-likeness (QED) is 0.617. The van der Waals surface area contributed by atoms with Crippen LogP contribution in [0.15, 0.2) is 29.4 Å². The second-order valence-electron chi connectivity index (χ2n) is 3.73. The summed E-state index contributed by atoms with van der Waals surface area (Å²) in [5, 5.41) is 3.91. The van der Waals surface area contributed by atoms with E-state index in [1.165, 1.54) is 0 Å². The highest BCUT2D eigenvalue weighted by Crippen LogP contribution is 2.21. The van der Waals surface area contributed by atoms with Crippen LogP contribution in [0.2, 0.25) is 0 Å². The van der Waals surface area contributed by atoms with Crippen molar-refractivity contribution in [1.29, 1.82) is 0 Å². The number of carbonyl (C=O) groups is 1. The minimum Gasteiger partial charge on any atom is -0.497 e. The van der Waals surface area contributed by atoms with E-state index in [2.05, 4.69) is 10.5 Å². The van der Waals surface area contributed by atoms with Crippen LogP contribution in [0.25, 0.3) is 0 Å². The van der Waals surface area contributed by atoms with Gasteiger partial charge in [-0.25, -0.2) is 10.2 Å². The Bertz CT molecular complexity index is 430. The number of hydrogen-bond donors (Lipinski definition) is 2. The number of benzene rings is 1. The number of hydrazone groups is 1. The van der Waals surface area contributed by atoms with E-state index in [1.54, 1.807) is 7.11 Å². The van der Waals surface area contributed by atoms with Crippen LogP contribution in [-0.2, 0) is 0 Å². The molecule has 3 N–H and O–H groups in total. The fourth-order valence-corrected chi connectivity index (χ4v) is 1.39. The number of amides is 2. The van der Waals surface area contributed by atoms with Crippen LogP contribution in [0.4, 0.5) is 4.79 Å². The first kappa shape index (κ1) is 13.0. The van der Waals surface area contributed by atoms with Crippen molar-refractivity contribution in [2.24, 2.45) is 10.8 Å². The van der Waals surface area contributed by atoms with Crippen LogP contribution < -0.4 is 15.9 Å². The van der Waals surface area contributed by atoms with E-state index < -0.39 is 6.03 Å². The van der Waals surface area contributed by atoms with Gasteiger partial charge in [0, 0.05) is 11.6 Å². The van der Waals surface area contributed by atoms with Crippen molar-refractivity contribution in [3.8, 4) is 5.75 Å². The molecule has 0 aliphatic rings. The number of nitrogens with zero attached hydrogens (tertiary/aromatic N) is 1. The molecule has 0 saturated carbocycles. The van der Waals surface area contributed by atoms with Crippen molar-refractivity contribution in [3.63, 3.8) is 0 Å². The number of nitrogens with two attached hydrogens (primary N) is 1. The third kappa shape index (κ3) is 3.79. The fourth-order valence-electron chi connectivity index (χ4n) is 1.39. The molecule has 92 valence electrons.